The van der Waals surface area contributed by atoms with Crippen LogP contribution < -0.4 is 4.72 Å². The molecule has 0 amide bonds. The van der Waals surface area contributed by atoms with E-state index < -0.39 is 10.2 Å². The summed E-state index contributed by atoms with van der Waals surface area (Å²) in [5.74, 6) is 0. The highest BCUT2D eigenvalue weighted by atomic mass is 79.9. The number of piperidine rings is 1. The Hall–Kier alpha value is 0.310. The van der Waals surface area contributed by atoms with Gasteiger partial charge in [-0.2, -0.15) is 17.4 Å². The van der Waals surface area contributed by atoms with Crippen LogP contribution in [-0.4, -0.2) is 50.9 Å². The van der Waals surface area contributed by atoms with E-state index in [2.05, 4.69) is 20.7 Å². The van der Waals surface area contributed by atoms with Crippen LogP contribution in [0.3, 0.4) is 0 Å². The number of halogens is 1. The van der Waals surface area contributed by atoms with Crippen LogP contribution in [0.1, 0.15) is 19.3 Å². The molecule has 0 bridgehead atoms. The van der Waals surface area contributed by atoms with E-state index in [1.54, 1.807) is 7.11 Å². The zero-order valence-electron chi connectivity index (χ0n) is 9.49. The third-order valence-corrected chi connectivity index (χ3v) is 4.98. The van der Waals surface area contributed by atoms with Gasteiger partial charge in [-0.25, -0.2) is 0 Å². The Morgan fingerprint density at radius 1 is 1.38 bits per heavy atom. The van der Waals surface area contributed by atoms with Crippen molar-refractivity contribution in [2.75, 3.05) is 32.1 Å². The normalized spacial score (nSPS) is 20.9. The first-order valence-electron chi connectivity index (χ1n) is 5.42. The second-order valence-corrected chi connectivity index (χ2v) is 6.24. The fraction of sp³-hybridized carbons (Fsp3) is 1.00. The molecule has 1 rings (SSSR count). The smallest absolute Gasteiger partial charge is 0.279 e. The van der Waals surface area contributed by atoms with Gasteiger partial charge in [0.1, 0.15) is 0 Å². The average Bonchev–Trinajstić information content (AvgIpc) is 2.29. The van der Waals surface area contributed by atoms with E-state index in [9.17, 15) is 8.42 Å². The molecule has 0 radical (unpaired) electrons. The predicted molar refractivity (Wildman–Crippen MR) is 66.9 cm³/mol. The standard InChI is InChI=1S/C9H19BrN2O3S/c1-15-8-9(7-10)11-16(13,14)12-5-3-2-4-6-12/h9,11H,2-8H2,1H3. The monoisotopic (exact) mass is 314 g/mol. The van der Waals surface area contributed by atoms with Crippen molar-refractivity contribution in [1.82, 2.24) is 9.03 Å². The number of rotatable bonds is 6. The van der Waals surface area contributed by atoms with Crippen LogP contribution in [0, 0.1) is 0 Å². The second-order valence-electron chi connectivity index (χ2n) is 3.89. The van der Waals surface area contributed by atoms with Crippen molar-refractivity contribution in [3.63, 3.8) is 0 Å². The number of hydrogen-bond acceptors (Lipinski definition) is 3. The van der Waals surface area contributed by atoms with Crippen LogP contribution in [0.4, 0.5) is 0 Å². The van der Waals surface area contributed by atoms with E-state index in [1.165, 1.54) is 4.31 Å². The molecule has 1 unspecified atom stereocenters. The van der Waals surface area contributed by atoms with Crippen molar-refractivity contribution in [1.29, 1.82) is 0 Å². The summed E-state index contributed by atoms with van der Waals surface area (Å²) in [6, 6.07) is -0.211. The maximum Gasteiger partial charge on any atom is 0.279 e. The Kier molecular flexibility index (Phi) is 6.20. The molecule has 96 valence electrons. The highest BCUT2D eigenvalue weighted by Gasteiger charge is 2.26. The maximum absolute atomic E-state index is 12.0. The van der Waals surface area contributed by atoms with Crippen LogP contribution in [0.5, 0.6) is 0 Å². The fourth-order valence-electron chi connectivity index (χ4n) is 1.70. The third-order valence-electron chi connectivity index (χ3n) is 2.52. The lowest BCUT2D eigenvalue weighted by Crippen LogP contribution is -2.49. The van der Waals surface area contributed by atoms with E-state index in [-0.39, 0.29) is 6.04 Å². The molecule has 7 heteroatoms. The Balaban J connectivity index is 2.54. The van der Waals surface area contributed by atoms with Crippen molar-refractivity contribution >= 4 is 26.1 Å². The molecule has 1 heterocycles. The van der Waals surface area contributed by atoms with Crippen molar-refractivity contribution in [3.8, 4) is 0 Å². The van der Waals surface area contributed by atoms with Gasteiger partial charge >= 0.3 is 0 Å². The summed E-state index contributed by atoms with van der Waals surface area (Å²) < 4.78 is 33.0. The predicted octanol–water partition coefficient (Wildman–Crippen LogP) is 0.717. The first-order chi connectivity index (χ1) is 7.60. The number of nitrogens with one attached hydrogen (secondary N) is 1. The molecule has 0 saturated carbocycles. The molecule has 1 aliphatic heterocycles. The number of nitrogens with zero attached hydrogens (tertiary/aromatic N) is 1. The molecule has 1 atom stereocenters. The first kappa shape index (κ1) is 14.4. The number of methoxy groups -OCH3 is 1. The second kappa shape index (κ2) is 6.90. The van der Waals surface area contributed by atoms with Gasteiger partial charge in [0.25, 0.3) is 10.2 Å². The molecule has 5 nitrogen and oxygen atoms in total. The molecular weight excluding hydrogens is 296 g/mol. The highest BCUT2D eigenvalue weighted by Crippen LogP contribution is 2.12. The maximum atomic E-state index is 12.0. The summed E-state index contributed by atoms with van der Waals surface area (Å²) in [4.78, 5) is 0. The minimum atomic E-state index is -3.34. The summed E-state index contributed by atoms with van der Waals surface area (Å²) in [6.45, 7) is 1.62. The van der Waals surface area contributed by atoms with Crippen LogP contribution in [0.25, 0.3) is 0 Å². The molecule has 0 aromatic heterocycles. The van der Waals surface area contributed by atoms with Crippen LogP contribution in [0.15, 0.2) is 0 Å². The molecule has 0 spiro atoms. The number of ether oxygens (including phenoxy) is 1. The lowest BCUT2D eigenvalue weighted by Gasteiger charge is -2.27. The summed E-state index contributed by atoms with van der Waals surface area (Å²) in [7, 11) is -1.78. The van der Waals surface area contributed by atoms with Gasteiger partial charge in [0.2, 0.25) is 0 Å². The van der Waals surface area contributed by atoms with Gasteiger partial charge in [-0.05, 0) is 12.8 Å². The Morgan fingerprint density at radius 3 is 2.50 bits per heavy atom. The Bertz CT molecular complexity index is 291. The van der Waals surface area contributed by atoms with E-state index in [0.717, 1.165) is 19.3 Å². The molecule has 1 saturated heterocycles. The van der Waals surface area contributed by atoms with Gasteiger partial charge in [0.15, 0.2) is 0 Å². The van der Waals surface area contributed by atoms with Crippen molar-refractivity contribution in [3.05, 3.63) is 0 Å². The van der Waals surface area contributed by atoms with Gasteiger partial charge in [-0.1, -0.05) is 22.4 Å². The van der Waals surface area contributed by atoms with E-state index >= 15 is 0 Å². The highest BCUT2D eigenvalue weighted by molar-refractivity contribution is 9.09. The molecule has 1 aliphatic rings. The summed E-state index contributed by atoms with van der Waals surface area (Å²) >= 11 is 3.27. The molecule has 16 heavy (non-hydrogen) atoms. The largest absolute Gasteiger partial charge is 0.383 e. The van der Waals surface area contributed by atoms with Gasteiger partial charge in [-0.15, -0.1) is 0 Å². The summed E-state index contributed by atoms with van der Waals surface area (Å²) in [5.41, 5.74) is 0. The molecule has 1 fully saturated rings. The van der Waals surface area contributed by atoms with Crippen LogP contribution in [0.2, 0.25) is 0 Å². The van der Waals surface area contributed by atoms with Crippen molar-refractivity contribution in [2.24, 2.45) is 0 Å². The first-order valence-corrected chi connectivity index (χ1v) is 7.98. The molecule has 0 aromatic carbocycles. The molecule has 1 N–H and O–H groups in total. The van der Waals surface area contributed by atoms with Crippen LogP contribution in [-0.2, 0) is 14.9 Å². The SMILES string of the molecule is COCC(CBr)NS(=O)(=O)N1CCCCC1. The van der Waals surface area contributed by atoms with Crippen molar-refractivity contribution < 1.29 is 13.2 Å². The Labute approximate surface area is 106 Å². The van der Waals surface area contributed by atoms with E-state index in [1.807, 2.05) is 0 Å². The quantitative estimate of drug-likeness (QED) is 0.735. The zero-order chi connectivity index (χ0) is 12.0. The lowest BCUT2D eigenvalue weighted by molar-refractivity contribution is 0.180. The van der Waals surface area contributed by atoms with E-state index in [4.69, 9.17) is 4.74 Å². The van der Waals surface area contributed by atoms with E-state index in [0.29, 0.717) is 25.0 Å². The van der Waals surface area contributed by atoms with Gasteiger partial charge in [0, 0.05) is 25.5 Å². The number of alkyl halides is 1. The summed E-state index contributed by atoms with van der Waals surface area (Å²) in [5, 5.41) is 0.550. The Morgan fingerprint density at radius 2 is 2.00 bits per heavy atom. The number of hydrogen-bond donors (Lipinski definition) is 1. The fourth-order valence-corrected chi connectivity index (χ4v) is 3.73. The van der Waals surface area contributed by atoms with Crippen molar-refractivity contribution in [2.45, 2.75) is 25.3 Å². The molecule has 0 aromatic rings. The zero-order valence-corrected chi connectivity index (χ0v) is 11.9. The lowest BCUT2D eigenvalue weighted by atomic mass is 10.2. The van der Waals surface area contributed by atoms with Gasteiger partial charge < -0.3 is 4.74 Å². The third kappa shape index (κ3) is 4.29. The van der Waals surface area contributed by atoms with Gasteiger partial charge in [0.05, 0.1) is 12.6 Å². The minimum absolute atomic E-state index is 0.211. The van der Waals surface area contributed by atoms with Gasteiger partial charge in [-0.3, -0.25) is 0 Å². The summed E-state index contributed by atoms with van der Waals surface area (Å²) in [6.07, 6.45) is 3.01. The van der Waals surface area contributed by atoms with Crippen LogP contribution >= 0.6 is 15.9 Å². The molecule has 0 aliphatic carbocycles. The minimum Gasteiger partial charge on any atom is -0.383 e. The topological polar surface area (TPSA) is 58.6 Å². The average molecular weight is 315 g/mol. The molecular formula is C9H19BrN2O3S.